The molecule has 0 saturated heterocycles. The van der Waals surface area contributed by atoms with Gasteiger partial charge in [0.05, 0.1) is 5.02 Å². The molecule has 2 rings (SSSR count). The Labute approximate surface area is 104 Å². The highest BCUT2D eigenvalue weighted by Gasteiger charge is 2.16. The Balaban J connectivity index is 2.14. The molecule has 1 aromatic carbocycles. The second kappa shape index (κ2) is 5.14. The molecule has 0 bridgehead atoms. The van der Waals surface area contributed by atoms with E-state index in [4.69, 9.17) is 32.5 Å². The van der Waals surface area contributed by atoms with E-state index in [1.807, 2.05) is 12.1 Å². The molecule has 0 saturated carbocycles. The van der Waals surface area contributed by atoms with Gasteiger partial charge in [0.2, 0.25) is 0 Å². The van der Waals surface area contributed by atoms with E-state index in [9.17, 15) is 0 Å². The number of nitrogens with two attached hydrogens (primary N) is 2. The van der Waals surface area contributed by atoms with E-state index in [2.05, 4.69) is 4.99 Å². The first kappa shape index (κ1) is 11.9. The first-order chi connectivity index (χ1) is 8.16. The summed E-state index contributed by atoms with van der Waals surface area (Å²) >= 11 is 6.10. The van der Waals surface area contributed by atoms with Gasteiger partial charge in [-0.05, 0) is 24.1 Å². The van der Waals surface area contributed by atoms with Crippen LogP contribution in [0.25, 0.3) is 0 Å². The van der Waals surface area contributed by atoms with Gasteiger partial charge in [-0.2, -0.15) is 0 Å². The summed E-state index contributed by atoms with van der Waals surface area (Å²) in [6.45, 7) is 1.60. The predicted octanol–water partition coefficient (Wildman–Crippen LogP) is 0.927. The fourth-order valence-electron chi connectivity index (χ4n) is 1.62. The molecule has 0 unspecified atom stereocenters. The van der Waals surface area contributed by atoms with Crippen LogP contribution >= 0.6 is 11.6 Å². The molecule has 0 aliphatic carbocycles. The molecule has 0 fully saturated rings. The number of ether oxygens (including phenoxy) is 2. The molecule has 1 aliphatic rings. The van der Waals surface area contributed by atoms with Crippen LogP contribution in [-0.4, -0.2) is 25.7 Å². The van der Waals surface area contributed by atoms with Gasteiger partial charge >= 0.3 is 0 Å². The third kappa shape index (κ3) is 2.94. The number of hydrogen-bond donors (Lipinski definition) is 2. The van der Waals surface area contributed by atoms with Crippen molar-refractivity contribution in [3.05, 3.63) is 22.7 Å². The average Bonchev–Trinajstić information content (AvgIpc) is 2.28. The lowest BCUT2D eigenvalue weighted by Crippen LogP contribution is -2.23. The summed E-state index contributed by atoms with van der Waals surface area (Å²) < 4.78 is 10.9. The lowest BCUT2D eigenvalue weighted by Gasteiger charge is -2.20. The van der Waals surface area contributed by atoms with Crippen LogP contribution in [0.1, 0.15) is 5.56 Å². The number of hydrogen-bond acceptors (Lipinski definition) is 3. The molecule has 0 spiro atoms. The normalized spacial score (nSPS) is 13.2. The van der Waals surface area contributed by atoms with E-state index in [-0.39, 0.29) is 5.96 Å². The van der Waals surface area contributed by atoms with E-state index in [1.54, 1.807) is 0 Å². The molecule has 6 heteroatoms. The van der Waals surface area contributed by atoms with E-state index in [0.717, 1.165) is 5.56 Å². The molecular weight excluding hydrogens is 242 g/mol. The van der Waals surface area contributed by atoms with Crippen LogP contribution in [0, 0.1) is 0 Å². The van der Waals surface area contributed by atoms with Crippen LogP contribution in [0.2, 0.25) is 5.02 Å². The minimum atomic E-state index is 0.0913. The topological polar surface area (TPSA) is 82.9 Å². The number of rotatable bonds is 3. The number of aliphatic imine (C=N–C) groups is 1. The predicted molar refractivity (Wildman–Crippen MR) is 66.8 cm³/mol. The Hall–Kier alpha value is -1.62. The van der Waals surface area contributed by atoms with Gasteiger partial charge in [0.25, 0.3) is 0 Å². The van der Waals surface area contributed by atoms with Gasteiger partial charge < -0.3 is 20.9 Å². The summed E-state index contributed by atoms with van der Waals surface area (Å²) in [6, 6.07) is 3.75. The summed E-state index contributed by atoms with van der Waals surface area (Å²) in [7, 11) is 0. The fraction of sp³-hybridized carbons (Fsp3) is 0.364. The summed E-state index contributed by atoms with van der Waals surface area (Å²) in [6.07, 6.45) is 0.703. The maximum Gasteiger partial charge on any atom is 0.185 e. The van der Waals surface area contributed by atoms with E-state index in [1.165, 1.54) is 0 Å². The smallest absolute Gasteiger partial charge is 0.185 e. The lowest BCUT2D eigenvalue weighted by atomic mass is 10.1. The Morgan fingerprint density at radius 1 is 1.29 bits per heavy atom. The number of benzene rings is 1. The average molecular weight is 256 g/mol. The maximum absolute atomic E-state index is 6.10. The molecule has 17 heavy (non-hydrogen) atoms. The summed E-state index contributed by atoms with van der Waals surface area (Å²) in [5, 5.41) is 0.557. The van der Waals surface area contributed by atoms with Crippen LogP contribution < -0.4 is 20.9 Å². The first-order valence-electron chi connectivity index (χ1n) is 5.30. The Morgan fingerprint density at radius 2 is 2.06 bits per heavy atom. The van der Waals surface area contributed by atoms with Crippen molar-refractivity contribution >= 4 is 17.6 Å². The van der Waals surface area contributed by atoms with Crippen LogP contribution in [-0.2, 0) is 6.42 Å². The van der Waals surface area contributed by atoms with Crippen molar-refractivity contribution in [3.8, 4) is 11.5 Å². The van der Waals surface area contributed by atoms with E-state index < -0.39 is 0 Å². The maximum atomic E-state index is 6.10. The van der Waals surface area contributed by atoms with Gasteiger partial charge in [-0.25, -0.2) is 0 Å². The third-order valence-corrected chi connectivity index (χ3v) is 2.63. The summed E-state index contributed by atoms with van der Waals surface area (Å²) in [5.41, 5.74) is 11.5. The van der Waals surface area contributed by atoms with Gasteiger partial charge in [0.15, 0.2) is 17.5 Å². The second-order valence-corrected chi connectivity index (χ2v) is 4.07. The van der Waals surface area contributed by atoms with Crippen LogP contribution in [0.4, 0.5) is 0 Å². The minimum Gasteiger partial charge on any atom is -0.486 e. The zero-order chi connectivity index (χ0) is 12.3. The third-order valence-electron chi connectivity index (χ3n) is 2.35. The molecule has 0 amide bonds. The zero-order valence-corrected chi connectivity index (χ0v) is 10.0. The molecule has 0 aromatic heterocycles. The number of guanidine groups is 1. The van der Waals surface area contributed by atoms with Gasteiger partial charge in [0, 0.05) is 6.54 Å². The van der Waals surface area contributed by atoms with E-state index >= 15 is 0 Å². The van der Waals surface area contributed by atoms with Crippen molar-refractivity contribution in [2.24, 2.45) is 16.5 Å². The lowest BCUT2D eigenvalue weighted by molar-refractivity contribution is 0.171. The number of nitrogens with zero attached hydrogens (tertiary/aromatic N) is 1. The first-order valence-corrected chi connectivity index (χ1v) is 5.68. The van der Waals surface area contributed by atoms with Gasteiger partial charge in [-0.1, -0.05) is 11.6 Å². The molecule has 1 aliphatic heterocycles. The Morgan fingerprint density at radius 3 is 2.82 bits per heavy atom. The van der Waals surface area contributed by atoms with Crippen molar-refractivity contribution in [2.75, 3.05) is 19.8 Å². The largest absolute Gasteiger partial charge is 0.486 e. The second-order valence-electron chi connectivity index (χ2n) is 3.66. The number of halogens is 1. The zero-order valence-electron chi connectivity index (χ0n) is 9.28. The van der Waals surface area contributed by atoms with Crippen LogP contribution in [0.5, 0.6) is 11.5 Å². The molecule has 4 N–H and O–H groups in total. The van der Waals surface area contributed by atoms with Crippen molar-refractivity contribution < 1.29 is 9.47 Å². The fourth-order valence-corrected chi connectivity index (χ4v) is 1.91. The molecule has 1 heterocycles. The molecular formula is C11H14ClN3O2. The molecule has 92 valence electrons. The summed E-state index contributed by atoms with van der Waals surface area (Å²) in [4.78, 5) is 3.92. The Bertz CT molecular complexity index is 445. The number of fused-ring (bicyclic) bond motifs is 1. The van der Waals surface area contributed by atoms with Gasteiger partial charge in [-0.3, -0.25) is 4.99 Å². The highest BCUT2D eigenvalue weighted by Crippen LogP contribution is 2.38. The van der Waals surface area contributed by atoms with Crippen molar-refractivity contribution in [1.82, 2.24) is 0 Å². The molecule has 0 atom stereocenters. The SMILES string of the molecule is NC(N)=NCCc1cc(Cl)c2c(c1)OCCO2. The highest BCUT2D eigenvalue weighted by atomic mass is 35.5. The summed E-state index contributed by atoms with van der Waals surface area (Å²) in [5.74, 6) is 1.39. The van der Waals surface area contributed by atoms with Gasteiger partial charge in [0.1, 0.15) is 13.2 Å². The van der Waals surface area contributed by atoms with Crippen molar-refractivity contribution in [3.63, 3.8) is 0 Å². The Kier molecular flexibility index (Phi) is 3.58. The molecule has 5 nitrogen and oxygen atoms in total. The van der Waals surface area contributed by atoms with Crippen molar-refractivity contribution in [1.29, 1.82) is 0 Å². The van der Waals surface area contributed by atoms with Crippen LogP contribution in [0.3, 0.4) is 0 Å². The molecule has 0 radical (unpaired) electrons. The van der Waals surface area contributed by atoms with Gasteiger partial charge in [-0.15, -0.1) is 0 Å². The highest BCUT2D eigenvalue weighted by molar-refractivity contribution is 6.32. The molecule has 1 aromatic rings. The minimum absolute atomic E-state index is 0.0913. The standard InChI is InChI=1S/C11H14ClN3O2/c12-8-5-7(1-2-15-11(13)14)6-9-10(8)17-4-3-16-9/h5-6H,1-4H2,(H4,13,14,15). The monoisotopic (exact) mass is 255 g/mol. The quantitative estimate of drug-likeness (QED) is 0.622. The van der Waals surface area contributed by atoms with E-state index in [0.29, 0.717) is 42.7 Å². The van der Waals surface area contributed by atoms with Crippen LogP contribution in [0.15, 0.2) is 17.1 Å². The van der Waals surface area contributed by atoms with Crippen molar-refractivity contribution in [2.45, 2.75) is 6.42 Å².